The summed E-state index contributed by atoms with van der Waals surface area (Å²) in [5.41, 5.74) is 8.23. The molecule has 0 radical (unpaired) electrons. The summed E-state index contributed by atoms with van der Waals surface area (Å²) in [5.74, 6) is 0.891. The predicted molar refractivity (Wildman–Crippen MR) is 149 cm³/mol. The molecule has 1 aliphatic carbocycles. The van der Waals surface area contributed by atoms with Crippen LogP contribution in [0.4, 0.5) is 5.69 Å². The number of methoxy groups -OCH3 is 2. The second-order valence-electron chi connectivity index (χ2n) is 9.99. The van der Waals surface area contributed by atoms with Gasteiger partial charge in [-0.15, -0.1) is 0 Å². The minimum atomic E-state index is -0.806. The number of aromatic nitrogens is 2. The highest BCUT2D eigenvalue weighted by Gasteiger charge is 2.48. The summed E-state index contributed by atoms with van der Waals surface area (Å²) in [6.07, 6.45) is 5.43. The number of thioether (sulfide) groups is 1. The number of cyclic esters (lactones) is 1. The van der Waals surface area contributed by atoms with Gasteiger partial charge in [0.05, 0.1) is 30.3 Å². The predicted octanol–water partition coefficient (Wildman–Crippen LogP) is 6.20. The van der Waals surface area contributed by atoms with Crippen molar-refractivity contribution in [2.45, 2.75) is 55.7 Å². The number of imidazole rings is 1. The number of carbonyl (C=O) groups excluding carboxylic acids is 1. The number of aliphatic hydroxyl groups excluding tert-OH is 1. The fourth-order valence-electron chi connectivity index (χ4n) is 5.71. The normalized spacial score (nSPS) is 20.3. The quantitative estimate of drug-likeness (QED) is 0.249. The van der Waals surface area contributed by atoms with Crippen LogP contribution in [0.2, 0.25) is 5.02 Å². The number of rotatable bonds is 8. The van der Waals surface area contributed by atoms with E-state index in [1.54, 1.807) is 26.4 Å². The van der Waals surface area contributed by atoms with Crippen LogP contribution in [0.1, 0.15) is 44.1 Å². The van der Waals surface area contributed by atoms with Crippen LogP contribution in [0.15, 0.2) is 46.2 Å². The van der Waals surface area contributed by atoms with Crippen molar-refractivity contribution in [3.63, 3.8) is 0 Å². The molecule has 2 heterocycles. The number of esters is 1. The van der Waals surface area contributed by atoms with Gasteiger partial charge in [0.25, 0.3) is 0 Å². The minimum Gasteiger partial charge on any atom is -0.511 e. The van der Waals surface area contributed by atoms with E-state index in [0.717, 1.165) is 54.0 Å². The van der Waals surface area contributed by atoms with Gasteiger partial charge >= 0.3 is 5.97 Å². The molecular formula is C28H32ClN3O5S. The van der Waals surface area contributed by atoms with E-state index in [9.17, 15) is 9.90 Å². The average Bonchev–Trinajstić information content (AvgIpc) is 3.54. The van der Waals surface area contributed by atoms with Gasteiger partial charge in [0.2, 0.25) is 0 Å². The lowest BCUT2D eigenvalue weighted by molar-refractivity contribution is -0.166. The van der Waals surface area contributed by atoms with Crippen LogP contribution >= 0.6 is 23.4 Å². The Labute approximate surface area is 231 Å². The molecule has 2 aliphatic rings. The van der Waals surface area contributed by atoms with Crippen LogP contribution in [-0.4, -0.2) is 40.4 Å². The highest BCUT2D eigenvalue weighted by molar-refractivity contribution is 8.03. The molecule has 0 saturated heterocycles. The molecule has 0 bridgehead atoms. The Morgan fingerprint density at radius 3 is 2.63 bits per heavy atom. The maximum Gasteiger partial charge on any atom is 0.349 e. The number of aliphatic hydroxyl groups is 1. The van der Waals surface area contributed by atoms with Gasteiger partial charge < -0.3 is 29.6 Å². The topological polar surface area (TPSA) is 109 Å². The Hall–Kier alpha value is -3.04. The van der Waals surface area contributed by atoms with Crippen molar-refractivity contribution in [1.29, 1.82) is 0 Å². The number of halogens is 1. The molecule has 1 aliphatic heterocycles. The fourth-order valence-corrected chi connectivity index (χ4v) is 6.85. The third-order valence-corrected chi connectivity index (χ3v) is 9.19. The lowest BCUT2D eigenvalue weighted by atomic mass is 9.77. The maximum atomic E-state index is 13.5. The number of aryl methyl sites for hydroxylation is 2. The van der Waals surface area contributed by atoms with Gasteiger partial charge in [-0.2, -0.15) is 0 Å². The molecule has 38 heavy (non-hydrogen) atoms. The molecule has 3 aromatic rings. The molecule has 3 N–H and O–H groups in total. The van der Waals surface area contributed by atoms with Gasteiger partial charge in [-0.1, -0.05) is 24.4 Å². The van der Waals surface area contributed by atoms with Crippen molar-refractivity contribution in [1.82, 2.24) is 9.55 Å². The van der Waals surface area contributed by atoms with Crippen molar-refractivity contribution in [2.24, 2.45) is 13.0 Å². The Kier molecular flexibility index (Phi) is 7.42. The zero-order chi connectivity index (χ0) is 27.0. The number of nitrogen functional groups attached to an aromatic ring is 1. The second kappa shape index (κ2) is 10.6. The van der Waals surface area contributed by atoms with E-state index in [2.05, 4.69) is 4.98 Å². The number of fused-ring (bicyclic) bond motifs is 1. The Bertz CT molecular complexity index is 1420. The highest BCUT2D eigenvalue weighted by atomic mass is 35.5. The number of carbonyl (C=O) groups is 1. The number of hydrogen-bond donors (Lipinski definition) is 2. The Balaban J connectivity index is 1.43. The summed E-state index contributed by atoms with van der Waals surface area (Å²) in [6, 6.07) is 9.09. The molecular weight excluding hydrogens is 526 g/mol. The van der Waals surface area contributed by atoms with Gasteiger partial charge in [0.1, 0.15) is 27.8 Å². The summed E-state index contributed by atoms with van der Waals surface area (Å²) < 4.78 is 19.1. The van der Waals surface area contributed by atoms with Crippen LogP contribution in [0.3, 0.4) is 0 Å². The summed E-state index contributed by atoms with van der Waals surface area (Å²) >= 11 is 7.53. The third-order valence-electron chi connectivity index (χ3n) is 7.74. The summed E-state index contributed by atoms with van der Waals surface area (Å²) in [5, 5.41) is 12.3. The van der Waals surface area contributed by atoms with Crippen LogP contribution < -0.4 is 15.2 Å². The molecule has 202 valence electrons. The molecule has 2 aromatic carbocycles. The Morgan fingerprint density at radius 2 is 1.95 bits per heavy atom. The van der Waals surface area contributed by atoms with Gasteiger partial charge in [-0.25, -0.2) is 9.78 Å². The van der Waals surface area contributed by atoms with Crippen molar-refractivity contribution in [2.75, 3.05) is 20.0 Å². The van der Waals surface area contributed by atoms with E-state index in [1.807, 2.05) is 29.8 Å². The number of hydrogen-bond acceptors (Lipinski definition) is 8. The van der Waals surface area contributed by atoms with E-state index in [4.69, 9.17) is 31.5 Å². The molecule has 1 unspecified atom stereocenters. The standard InChI is InChI=1S/C28H32ClN3O5S/c1-32-21-9-8-18(30)13-20(21)31-27(32)38-25-22(33)15-28(37-26(25)34,17-6-4-5-7-17)11-10-16-12-19(29)24(36-3)14-23(16)35-2/h8-9,12-14,17,33H,4-7,10-11,15,30H2,1-3H3. The van der Waals surface area contributed by atoms with E-state index in [-0.39, 0.29) is 23.0 Å². The maximum absolute atomic E-state index is 13.5. The molecule has 10 heteroatoms. The largest absolute Gasteiger partial charge is 0.511 e. The second-order valence-corrected chi connectivity index (χ2v) is 11.4. The van der Waals surface area contributed by atoms with Gasteiger partial charge in [0.15, 0.2) is 5.16 Å². The smallest absolute Gasteiger partial charge is 0.349 e. The van der Waals surface area contributed by atoms with Crippen molar-refractivity contribution >= 4 is 46.1 Å². The molecule has 1 saturated carbocycles. The summed E-state index contributed by atoms with van der Waals surface area (Å²) in [7, 11) is 5.04. The number of ether oxygens (including phenoxy) is 3. The molecule has 5 rings (SSSR count). The van der Waals surface area contributed by atoms with E-state index < -0.39 is 11.6 Å². The van der Waals surface area contributed by atoms with E-state index in [0.29, 0.717) is 40.2 Å². The van der Waals surface area contributed by atoms with Gasteiger partial charge in [0, 0.05) is 25.2 Å². The SMILES string of the molecule is COc1cc(OC)c(CCC2(C3CCCC3)CC(O)=C(Sc3nc4cc(N)ccc4n3C)C(=O)O2)cc1Cl. The highest BCUT2D eigenvalue weighted by Crippen LogP contribution is 2.48. The molecule has 1 atom stereocenters. The molecule has 1 fully saturated rings. The fraction of sp³-hybridized carbons (Fsp3) is 0.429. The number of nitrogens with two attached hydrogens (primary N) is 1. The van der Waals surface area contributed by atoms with Crippen molar-refractivity contribution < 1.29 is 24.1 Å². The average molecular weight is 558 g/mol. The van der Waals surface area contributed by atoms with Crippen molar-refractivity contribution in [3.05, 3.63) is 51.6 Å². The first kappa shape index (κ1) is 26.6. The first-order chi connectivity index (χ1) is 18.2. The third kappa shape index (κ3) is 4.89. The summed E-state index contributed by atoms with van der Waals surface area (Å²) in [6.45, 7) is 0. The molecule has 0 spiro atoms. The first-order valence-electron chi connectivity index (χ1n) is 12.7. The minimum absolute atomic E-state index is 0.0458. The van der Waals surface area contributed by atoms with Gasteiger partial charge in [-0.3, -0.25) is 0 Å². The molecule has 8 nitrogen and oxygen atoms in total. The lowest BCUT2D eigenvalue weighted by Crippen LogP contribution is -2.45. The molecule has 0 amide bonds. The number of benzene rings is 2. The van der Waals surface area contributed by atoms with Crippen LogP contribution in [0.25, 0.3) is 11.0 Å². The zero-order valence-corrected chi connectivity index (χ0v) is 23.3. The van der Waals surface area contributed by atoms with E-state index in [1.165, 1.54) is 0 Å². The Morgan fingerprint density at radius 1 is 1.21 bits per heavy atom. The van der Waals surface area contributed by atoms with E-state index >= 15 is 0 Å². The monoisotopic (exact) mass is 557 g/mol. The van der Waals surface area contributed by atoms with Crippen LogP contribution in [0, 0.1) is 5.92 Å². The molecule has 1 aromatic heterocycles. The van der Waals surface area contributed by atoms with Crippen LogP contribution in [-0.2, 0) is 23.0 Å². The zero-order valence-electron chi connectivity index (χ0n) is 21.8. The summed E-state index contributed by atoms with van der Waals surface area (Å²) in [4.78, 5) is 18.3. The van der Waals surface area contributed by atoms with Gasteiger partial charge in [-0.05, 0) is 73.2 Å². The number of anilines is 1. The van der Waals surface area contributed by atoms with Crippen molar-refractivity contribution in [3.8, 4) is 11.5 Å². The lowest BCUT2D eigenvalue weighted by Gasteiger charge is -2.41. The number of nitrogens with zero attached hydrogens (tertiary/aromatic N) is 2. The first-order valence-corrected chi connectivity index (χ1v) is 13.9. The van der Waals surface area contributed by atoms with Crippen LogP contribution in [0.5, 0.6) is 11.5 Å².